The quantitative estimate of drug-likeness (QED) is 0.0310. The number of nitrogens with one attached hydrogen (secondary N) is 2. The summed E-state index contributed by atoms with van der Waals surface area (Å²) >= 11 is 1.96. The van der Waals surface area contributed by atoms with E-state index in [0.717, 1.165) is 66.2 Å². The Bertz CT molecular complexity index is 2630. The van der Waals surface area contributed by atoms with Gasteiger partial charge in [0.1, 0.15) is 41.2 Å². The number of rotatable bonds is 17. The number of aromatic nitrogens is 4. The van der Waals surface area contributed by atoms with Crippen LogP contribution in [0.3, 0.4) is 0 Å². The number of hydrogen-bond donors (Lipinski definition) is 5. The van der Waals surface area contributed by atoms with E-state index < -0.39 is 100 Å². The van der Waals surface area contributed by atoms with Crippen LogP contribution in [0.25, 0.3) is 11.0 Å². The number of fused-ring (bicyclic) bond motifs is 2. The summed E-state index contributed by atoms with van der Waals surface area (Å²) in [7, 11) is 1.09. The Kier molecular flexibility index (Phi) is 12.9. The number of carboxylic acid groups (broad SMARTS) is 3. The normalized spacial score (nSPS) is 17.3. The van der Waals surface area contributed by atoms with E-state index in [-0.39, 0.29) is 50.3 Å². The van der Waals surface area contributed by atoms with Crippen molar-refractivity contribution in [3.63, 3.8) is 0 Å². The first-order valence-electron chi connectivity index (χ1n) is 17.5. The maximum absolute atomic E-state index is 14.3. The predicted molar refractivity (Wildman–Crippen MR) is 207 cm³/mol. The zero-order valence-electron chi connectivity index (χ0n) is 32.1. The van der Waals surface area contributed by atoms with Gasteiger partial charge in [0.2, 0.25) is 22.2 Å². The molecule has 0 spiro atoms. The number of carbonyl (C=O) groups is 8. The number of thioether (sulfide) groups is 2. The van der Waals surface area contributed by atoms with Gasteiger partial charge in [-0.15, -0.1) is 16.9 Å². The number of amides is 3. The van der Waals surface area contributed by atoms with Crippen LogP contribution in [-0.4, -0.2) is 124 Å². The van der Waals surface area contributed by atoms with Crippen molar-refractivity contribution in [2.75, 3.05) is 25.2 Å². The molecule has 0 aliphatic carbocycles. The van der Waals surface area contributed by atoms with Crippen molar-refractivity contribution >= 4 is 82.1 Å². The van der Waals surface area contributed by atoms with Crippen LogP contribution < -0.4 is 30.3 Å². The molecule has 4 heterocycles. The lowest BCUT2D eigenvalue weighted by molar-refractivity contribution is -0.192. The van der Waals surface area contributed by atoms with Crippen molar-refractivity contribution in [3.8, 4) is 17.2 Å². The summed E-state index contributed by atoms with van der Waals surface area (Å²) in [4.78, 5) is 115. The van der Waals surface area contributed by atoms with Crippen molar-refractivity contribution in [1.82, 2.24) is 35.7 Å². The Morgan fingerprint density at radius 2 is 1.71 bits per heavy atom. The third-order valence-corrected chi connectivity index (χ3v) is 11.2. The number of nitrogens with zero attached hydrogens (tertiary/aromatic N) is 5. The predicted octanol–water partition coefficient (Wildman–Crippen LogP) is 0.154. The van der Waals surface area contributed by atoms with Gasteiger partial charge in [0.05, 0.1) is 5.39 Å². The molecule has 1 saturated heterocycles. The minimum absolute atomic E-state index is 0.0121. The lowest BCUT2D eigenvalue weighted by atomic mass is 9.96. The Labute approximate surface area is 354 Å². The minimum atomic E-state index is -2.20. The SMILES string of the molecule is CO[C@@]1(NC(=O)C(NC(=O)c2coc3c(OC(C)=O)c(OC(C)=O)ccc3c2=O)c2ccc(OCC(=O)O)cc2)C(=O)N2C(C(=O)O)=C(CSc3nnnn3CC(=O)O)CS[C@@H]21. The van der Waals surface area contributed by atoms with Gasteiger partial charge in [0.15, 0.2) is 17.9 Å². The Morgan fingerprint density at radius 3 is 2.34 bits per heavy atom. The highest BCUT2D eigenvalue weighted by Crippen LogP contribution is 2.47. The molecule has 3 atom stereocenters. The molecule has 4 aromatic rings. The molecular formula is C36H31N7O17S2. The average Bonchev–Trinajstić information content (AvgIpc) is 3.66. The van der Waals surface area contributed by atoms with Crippen LogP contribution in [0.4, 0.5) is 0 Å². The molecule has 1 unspecified atom stereocenters. The lowest BCUT2D eigenvalue weighted by Crippen LogP contribution is -2.81. The summed E-state index contributed by atoms with van der Waals surface area (Å²) in [6, 6.07) is 5.70. The molecule has 5 N–H and O–H groups in total. The molecule has 1 fully saturated rings. The van der Waals surface area contributed by atoms with Crippen molar-refractivity contribution in [2.24, 2.45) is 0 Å². The number of hydrogen-bond acceptors (Lipinski definition) is 19. The van der Waals surface area contributed by atoms with Gasteiger partial charge in [-0.1, -0.05) is 23.9 Å². The van der Waals surface area contributed by atoms with Crippen LogP contribution in [0.5, 0.6) is 17.2 Å². The fourth-order valence-electron chi connectivity index (χ4n) is 6.19. The molecule has 6 rings (SSSR count). The summed E-state index contributed by atoms with van der Waals surface area (Å²) in [6.45, 7) is 0.861. The second-order valence-corrected chi connectivity index (χ2v) is 14.9. The van der Waals surface area contributed by atoms with E-state index in [2.05, 4.69) is 26.2 Å². The van der Waals surface area contributed by atoms with Crippen LogP contribution in [0.2, 0.25) is 0 Å². The highest BCUT2D eigenvalue weighted by molar-refractivity contribution is 8.01. The Hall–Kier alpha value is -7.32. The fraction of sp³-hybridized carbons (Fsp3) is 0.278. The van der Waals surface area contributed by atoms with Gasteiger partial charge < -0.3 is 49.3 Å². The Balaban J connectivity index is 1.30. The summed E-state index contributed by atoms with van der Waals surface area (Å²) in [5, 5.41) is 42.7. The number of aliphatic carboxylic acids is 3. The Morgan fingerprint density at radius 1 is 1.00 bits per heavy atom. The zero-order valence-corrected chi connectivity index (χ0v) is 33.8. The number of methoxy groups -OCH3 is 1. The van der Waals surface area contributed by atoms with E-state index in [9.17, 15) is 48.3 Å². The van der Waals surface area contributed by atoms with Gasteiger partial charge in [-0.25, -0.2) is 14.3 Å². The van der Waals surface area contributed by atoms with E-state index in [1.54, 1.807) is 0 Å². The van der Waals surface area contributed by atoms with Gasteiger partial charge in [-0.2, -0.15) is 0 Å². The number of carbonyl (C=O) groups excluding carboxylic acids is 5. The van der Waals surface area contributed by atoms with Crippen LogP contribution in [0, 0.1) is 0 Å². The molecule has 26 heteroatoms. The van der Waals surface area contributed by atoms with Crippen LogP contribution in [0.1, 0.15) is 35.8 Å². The van der Waals surface area contributed by atoms with E-state index in [1.807, 2.05) is 0 Å². The summed E-state index contributed by atoms with van der Waals surface area (Å²) < 4.78 is 27.5. The smallest absolute Gasteiger partial charge is 0.352 e. The molecule has 2 aromatic carbocycles. The third kappa shape index (κ3) is 8.91. The van der Waals surface area contributed by atoms with Gasteiger partial charge in [-0.3, -0.25) is 38.5 Å². The first kappa shape index (κ1) is 44.2. The zero-order chi connectivity index (χ0) is 45.0. The molecule has 2 aliphatic rings. The molecule has 2 aliphatic heterocycles. The van der Waals surface area contributed by atoms with Gasteiger partial charge in [0.25, 0.3) is 17.5 Å². The molecule has 0 bridgehead atoms. The summed E-state index contributed by atoms with van der Waals surface area (Å²) in [6.07, 6.45) is 0.715. The number of tetrazole rings is 1. The molecule has 324 valence electrons. The van der Waals surface area contributed by atoms with E-state index in [0.29, 0.717) is 6.26 Å². The van der Waals surface area contributed by atoms with Crippen LogP contribution >= 0.6 is 23.5 Å². The van der Waals surface area contributed by atoms with Crippen LogP contribution in [-0.2, 0) is 44.8 Å². The van der Waals surface area contributed by atoms with Gasteiger partial charge in [0, 0.05) is 32.5 Å². The van der Waals surface area contributed by atoms with Crippen molar-refractivity contribution < 1.29 is 77.0 Å². The summed E-state index contributed by atoms with van der Waals surface area (Å²) in [5.41, 5.74) is -4.35. The largest absolute Gasteiger partial charge is 0.482 e. The topological polar surface area (TPSA) is 335 Å². The van der Waals surface area contributed by atoms with Gasteiger partial charge >= 0.3 is 29.8 Å². The molecule has 62 heavy (non-hydrogen) atoms. The monoisotopic (exact) mass is 897 g/mol. The number of carboxylic acids is 3. The maximum atomic E-state index is 14.3. The molecular weight excluding hydrogens is 867 g/mol. The maximum Gasteiger partial charge on any atom is 0.352 e. The molecule has 0 saturated carbocycles. The third-order valence-electron chi connectivity index (χ3n) is 8.82. The first-order chi connectivity index (χ1) is 29.4. The summed E-state index contributed by atoms with van der Waals surface area (Å²) in [5.74, 6) is -9.62. The van der Waals surface area contributed by atoms with Crippen molar-refractivity contribution in [2.45, 2.75) is 42.7 Å². The lowest BCUT2D eigenvalue weighted by Gasteiger charge is -2.56. The second kappa shape index (κ2) is 18.1. The number of esters is 2. The molecule has 24 nitrogen and oxygen atoms in total. The molecule has 3 amide bonds. The number of benzene rings is 2. The minimum Gasteiger partial charge on any atom is -0.482 e. The van der Waals surface area contributed by atoms with E-state index in [1.165, 1.54) is 24.3 Å². The van der Waals surface area contributed by atoms with Gasteiger partial charge in [-0.05, 0) is 45.8 Å². The standard InChI is InChI=1S/C36H31N7O17S2/c1-15(44)59-22-9-8-20-27(50)21(11-58-28(20)29(22)60-16(2)45)30(51)37-25(17-4-6-19(7-5-17)57-12-24(48)49)31(52)38-36(56-3)33(55)43-26(32(53)54)18(13-61-34(36)43)14-62-35-39-40-41-42(35)10-23(46)47/h4-9,11,25,34H,10,12-14H2,1-3H3,(H,37,51)(H,38,52)(H,46,47)(H,48,49)(H,53,54)/t25?,34-,36+/m1/s1. The van der Waals surface area contributed by atoms with Crippen molar-refractivity contribution in [1.29, 1.82) is 0 Å². The highest BCUT2D eigenvalue weighted by Gasteiger charge is 2.67. The van der Waals surface area contributed by atoms with Crippen LogP contribution in [0.15, 0.2) is 68.3 Å². The molecule has 2 aromatic heterocycles. The average molecular weight is 898 g/mol. The fourth-order valence-corrected chi connectivity index (χ4v) is 8.64. The number of ether oxygens (including phenoxy) is 4. The second-order valence-electron chi connectivity index (χ2n) is 12.9. The van der Waals surface area contributed by atoms with E-state index >= 15 is 0 Å². The highest BCUT2D eigenvalue weighted by atomic mass is 32.2. The van der Waals surface area contributed by atoms with Crippen molar-refractivity contribution in [3.05, 3.63) is 75.3 Å². The molecule has 0 radical (unpaired) electrons. The first-order valence-corrected chi connectivity index (χ1v) is 19.6. The number of β-lactam (4-membered cyclic amide) rings is 1. The van der Waals surface area contributed by atoms with E-state index in [4.69, 9.17) is 33.6 Å².